The van der Waals surface area contributed by atoms with E-state index in [4.69, 9.17) is 4.74 Å². The molecule has 0 fully saturated rings. The van der Waals surface area contributed by atoms with Crippen LogP contribution >= 0.6 is 0 Å². The van der Waals surface area contributed by atoms with Crippen LogP contribution in [0.15, 0.2) is 12.5 Å². The molecule has 8 nitrogen and oxygen atoms in total. The topological polar surface area (TPSA) is 93.5 Å². The Labute approximate surface area is 117 Å². The molecule has 1 aliphatic heterocycles. The minimum absolute atomic E-state index is 0.112. The first kappa shape index (κ1) is 14.9. The van der Waals surface area contributed by atoms with Crippen LogP contribution < -0.4 is 5.32 Å². The molecule has 1 atom stereocenters. The Bertz CT molecular complexity index is 583. The van der Waals surface area contributed by atoms with Crippen molar-refractivity contribution in [3.05, 3.63) is 18.2 Å². The molecule has 0 spiro atoms. The monoisotopic (exact) mass is 302 g/mol. The number of carbonyl (C=O) groups is 1. The largest absolute Gasteiger partial charge is 0.383 e. The van der Waals surface area contributed by atoms with Gasteiger partial charge >= 0.3 is 0 Å². The second-order valence-electron chi connectivity index (χ2n) is 4.65. The van der Waals surface area contributed by atoms with Gasteiger partial charge in [0.15, 0.2) is 0 Å². The zero-order chi connectivity index (χ0) is 14.8. The van der Waals surface area contributed by atoms with Crippen molar-refractivity contribution < 1.29 is 17.9 Å². The van der Waals surface area contributed by atoms with Gasteiger partial charge in [-0.25, -0.2) is 13.4 Å². The van der Waals surface area contributed by atoms with Crippen molar-refractivity contribution in [3.8, 4) is 0 Å². The number of rotatable bonds is 5. The molecule has 0 saturated carbocycles. The molecule has 0 aromatic carbocycles. The summed E-state index contributed by atoms with van der Waals surface area (Å²) in [6, 6.07) is -0.604. The number of sulfonamides is 1. The van der Waals surface area contributed by atoms with E-state index >= 15 is 0 Å². The summed E-state index contributed by atoms with van der Waals surface area (Å²) < 4.78 is 31.2. The SMILES string of the molecule is COCCNC(=O)[C@H]1CN(S(C)(=O)=O)Cc2cncn21. The van der Waals surface area contributed by atoms with Gasteiger partial charge in [-0.1, -0.05) is 0 Å². The van der Waals surface area contributed by atoms with Crippen LogP contribution in [0.25, 0.3) is 0 Å². The number of hydrogen-bond donors (Lipinski definition) is 1. The van der Waals surface area contributed by atoms with E-state index in [2.05, 4.69) is 10.3 Å². The third kappa shape index (κ3) is 3.17. The number of carbonyl (C=O) groups excluding carboxylic acids is 1. The molecule has 1 aromatic heterocycles. The summed E-state index contributed by atoms with van der Waals surface area (Å²) >= 11 is 0. The van der Waals surface area contributed by atoms with E-state index in [1.165, 1.54) is 4.31 Å². The maximum atomic E-state index is 12.2. The smallest absolute Gasteiger partial charge is 0.244 e. The molecular formula is C11H18N4O4S. The molecule has 0 bridgehead atoms. The average Bonchev–Trinajstić information content (AvgIpc) is 2.84. The number of nitrogens with one attached hydrogen (secondary N) is 1. The third-order valence-electron chi connectivity index (χ3n) is 3.17. The van der Waals surface area contributed by atoms with E-state index in [1.807, 2.05) is 0 Å². The molecule has 0 aliphatic carbocycles. The van der Waals surface area contributed by atoms with Gasteiger partial charge in [-0.05, 0) is 0 Å². The van der Waals surface area contributed by atoms with Crippen molar-refractivity contribution in [2.45, 2.75) is 12.6 Å². The number of ether oxygens (including phenoxy) is 1. The summed E-state index contributed by atoms with van der Waals surface area (Å²) in [5.41, 5.74) is 0.702. The normalized spacial score (nSPS) is 19.6. The van der Waals surface area contributed by atoms with E-state index in [0.717, 1.165) is 6.26 Å². The highest BCUT2D eigenvalue weighted by atomic mass is 32.2. The lowest BCUT2D eigenvalue weighted by atomic mass is 10.2. The summed E-state index contributed by atoms with van der Waals surface area (Å²) in [5.74, 6) is -0.241. The van der Waals surface area contributed by atoms with Crippen LogP contribution in [0.5, 0.6) is 0 Å². The van der Waals surface area contributed by atoms with Crippen LogP contribution in [0.1, 0.15) is 11.7 Å². The minimum Gasteiger partial charge on any atom is -0.383 e. The maximum absolute atomic E-state index is 12.2. The molecule has 1 aliphatic rings. The molecule has 9 heteroatoms. The van der Waals surface area contributed by atoms with Crippen LogP contribution in [-0.2, 0) is 26.1 Å². The fraction of sp³-hybridized carbons (Fsp3) is 0.636. The predicted molar refractivity (Wildman–Crippen MR) is 71.4 cm³/mol. The summed E-state index contributed by atoms with van der Waals surface area (Å²) in [7, 11) is -1.80. The fourth-order valence-electron chi connectivity index (χ4n) is 2.12. The number of nitrogens with zero attached hydrogens (tertiary/aromatic N) is 3. The second kappa shape index (κ2) is 5.90. The van der Waals surface area contributed by atoms with E-state index in [-0.39, 0.29) is 19.0 Å². The first-order valence-electron chi connectivity index (χ1n) is 6.16. The Balaban J connectivity index is 2.17. The predicted octanol–water partition coefficient (Wildman–Crippen LogP) is -1.04. The Kier molecular flexibility index (Phi) is 4.41. The molecule has 2 heterocycles. The first-order chi connectivity index (χ1) is 9.43. The van der Waals surface area contributed by atoms with Crippen molar-refractivity contribution in [2.24, 2.45) is 0 Å². The third-order valence-corrected chi connectivity index (χ3v) is 4.39. The van der Waals surface area contributed by atoms with Crippen molar-refractivity contribution >= 4 is 15.9 Å². The van der Waals surface area contributed by atoms with E-state index in [1.54, 1.807) is 24.2 Å². The number of aromatic nitrogens is 2. The van der Waals surface area contributed by atoms with Gasteiger partial charge in [0.1, 0.15) is 6.04 Å². The van der Waals surface area contributed by atoms with Gasteiger partial charge in [0.25, 0.3) is 0 Å². The standard InChI is InChI=1S/C11H18N4O4S/c1-19-4-3-13-11(16)10-7-14(20(2,17)18)6-9-5-12-8-15(9)10/h5,8,10H,3-4,6-7H2,1-2H3,(H,13,16)/t10-/m1/s1. The molecule has 0 saturated heterocycles. The van der Waals surface area contributed by atoms with Crippen molar-refractivity contribution in [1.82, 2.24) is 19.2 Å². The number of imidazole rings is 1. The Morgan fingerprint density at radius 3 is 3.00 bits per heavy atom. The summed E-state index contributed by atoms with van der Waals surface area (Å²) in [6.07, 6.45) is 4.27. The average molecular weight is 302 g/mol. The second-order valence-corrected chi connectivity index (χ2v) is 6.63. The van der Waals surface area contributed by atoms with Gasteiger partial charge in [-0.15, -0.1) is 0 Å². The van der Waals surface area contributed by atoms with E-state index in [0.29, 0.717) is 18.8 Å². The Hall–Kier alpha value is -1.45. The number of methoxy groups -OCH3 is 1. The molecule has 0 radical (unpaired) electrons. The molecule has 1 N–H and O–H groups in total. The molecule has 2 rings (SSSR count). The molecule has 0 unspecified atom stereocenters. The first-order valence-corrected chi connectivity index (χ1v) is 8.01. The van der Waals surface area contributed by atoms with Gasteiger partial charge in [-0.3, -0.25) is 4.79 Å². The number of hydrogen-bond acceptors (Lipinski definition) is 5. The van der Waals surface area contributed by atoms with E-state index < -0.39 is 16.1 Å². The van der Waals surface area contributed by atoms with Crippen LogP contribution in [0.4, 0.5) is 0 Å². The maximum Gasteiger partial charge on any atom is 0.244 e. The van der Waals surface area contributed by atoms with Gasteiger partial charge in [-0.2, -0.15) is 4.31 Å². The zero-order valence-electron chi connectivity index (χ0n) is 11.4. The highest BCUT2D eigenvalue weighted by molar-refractivity contribution is 7.88. The molecule has 20 heavy (non-hydrogen) atoms. The quantitative estimate of drug-likeness (QED) is 0.701. The van der Waals surface area contributed by atoms with Crippen molar-refractivity contribution in [1.29, 1.82) is 0 Å². The molecular weight excluding hydrogens is 284 g/mol. The van der Waals surface area contributed by atoms with Gasteiger partial charge < -0.3 is 14.6 Å². The van der Waals surface area contributed by atoms with Gasteiger partial charge in [0.05, 0.1) is 31.4 Å². The van der Waals surface area contributed by atoms with Crippen LogP contribution in [0.2, 0.25) is 0 Å². The lowest BCUT2D eigenvalue weighted by Crippen LogP contribution is -2.46. The fourth-order valence-corrected chi connectivity index (χ4v) is 2.90. The van der Waals surface area contributed by atoms with Crippen LogP contribution in [0.3, 0.4) is 0 Å². The van der Waals surface area contributed by atoms with Crippen LogP contribution in [0, 0.1) is 0 Å². The summed E-state index contributed by atoms with van der Waals surface area (Å²) in [6.45, 7) is 1.14. The van der Waals surface area contributed by atoms with Crippen LogP contribution in [-0.4, -0.2) is 61.2 Å². The van der Waals surface area contributed by atoms with Crippen molar-refractivity contribution in [3.63, 3.8) is 0 Å². The summed E-state index contributed by atoms with van der Waals surface area (Å²) in [4.78, 5) is 16.2. The number of amides is 1. The lowest BCUT2D eigenvalue weighted by molar-refractivity contribution is -0.125. The lowest BCUT2D eigenvalue weighted by Gasteiger charge is -2.32. The number of fused-ring (bicyclic) bond motifs is 1. The van der Waals surface area contributed by atoms with E-state index in [9.17, 15) is 13.2 Å². The zero-order valence-corrected chi connectivity index (χ0v) is 12.3. The van der Waals surface area contributed by atoms with Gasteiger partial charge in [0.2, 0.25) is 15.9 Å². The summed E-state index contributed by atoms with van der Waals surface area (Å²) in [5, 5.41) is 2.72. The van der Waals surface area contributed by atoms with Crippen molar-refractivity contribution in [2.75, 3.05) is 33.1 Å². The highest BCUT2D eigenvalue weighted by Crippen LogP contribution is 2.22. The highest BCUT2D eigenvalue weighted by Gasteiger charge is 2.33. The Morgan fingerprint density at radius 1 is 1.60 bits per heavy atom. The Morgan fingerprint density at radius 2 is 2.35 bits per heavy atom. The molecule has 1 aromatic rings. The molecule has 1 amide bonds. The van der Waals surface area contributed by atoms with Gasteiger partial charge in [0, 0.05) is 26.4 Å². The molecule has 112 valence electrons. The minimum atomic E-state index is -3.35.